The average Bonchev–Trinajstić information content (AvgIpc) is 1.68. The molecular formula is C82H96BN3S. The summed E-state index contributed by atoms with van der Waals surface area (Å²) in [6.45, 7) is 52.0. The van der Waals surface area contributed by atoms with Gasteiger partial charge >= 0.3 is 0 Å². The van der Waals surface area contributed by atoms with Crippen molar-refractivity contribution in [1.29, 1.82) is 0 Å². The fourth-order valence-corrected chi connectivity index (χ4v) is 15.3. The summed E-state index contributed by atoms with van der Waals surface area (Å²) in [6, 6.07) is 63.2. The van der Waals surface area contributed by atoms with E-state index >= 15 is 0 Å². The van der Waals surface area contributed by atoms with Crippen LogP contribution < -0.4 is 30.4 Å². The van der Waals surface area contributed by atoms with E-state index in [-0.39, 0.29) is 50.0 Å². The van der Waals surface area contributed by atoms with Crippen molar-refractivity contribution >= 4 is 95.0 Å². The monoisotopic (exact) mass is 1170 g/mol. The molecule has 12 rings (SSSR count). The van der Waals surface area contributed by atoms with Crippen LogP contribution in [0.15, 0.2) is 158 Å². The van der Waals surface area contributed by atoms with E-state index in [0.29, 0.717) is 0 Å². The largest absolute Gasteiger partial charge is 0.311 e. The molecule has 0 saturated heterocycles. The molecule has 8 aromatic carbocycles. The molecule has 0 unspecified atom stereocenters. The lowest BCUT2D eigenvalue weighted by atomic mass is 9.36. The smallest absolute Gasteiger partial charge is 0.264 e. The van der Waals surface area contributed by atoms with E-state index in [1.807, 2.05) is 11.3 Å². The summed E-state index contributed by atoms with van der Waals surface area (Å²) in [5.41, 5.74) is 26.6. The second-order valence-electron chi connectivity index (χ2n) is 33.5. The van der Waals surface area contributed by atoms with Crippen molar-refractivity contribution < 1.29 is 0 Å². The van der Waals surface area contributed by atoms with E-state index in [1.54, 1.807) is 0 Å². The number of hydrogen-bond acceptors (Lipinski definition) is 4. The van der Waals surface area contributed by atoms with Crippen LogP contribution in [0.3, 0.4) is 0 Å². The third kappa shape index (κ3) is 10.7. The molecule has 0 saturated carbocycles. The third-order valence-corrected chi connectivity index (χ3v) is 21.1. The Balaban J connectivity index is 1.22. The SMILES string of the molecule is CC(C)(C)c1ccc(-c2cc(C(C)(C)C)ccc2N2c3cc(N(c4ccc(C(C)(C)C)cc4)c4ccc(C(C)(C)C)cc4)ccc3B3c4sc5ccc(C(C)(C)C)cc5c4N(c4ccc5c(c4)C(C)(C)CCC5(C)C)c4cc(C(C)(C)C)cc2c43)cc1. The predicted molar refractivity (Wildman–Crippen MR) is 383 cm³/mol. The van der Waals surface area contributed by atoms with Crippen LogP contribution in [-0.4, -0.2) is 6.71 Å². The Morgan fingerprint density at radius 1 is 0.391 bits per heavy atom. The fourth-order valence-electron chi connectivity index (χ4n) is 14.0. The molecule has 2 aliphatic heterocycles. The quantitative estimate of drug-likeness (QED) is 0.154. The van der Waals surface area contributed by atoms with Gasteiger partial charge in [0.05, 0.1) is 11.4 Å². The molecular weight excluding hydrogens is 1070 g/mol. The van der Waals surface area contributed by atoms with Crippen LogP contribution >= 0.6 is 11.3 Å². The summed E-state index contributed by atoms with van der Waals surface area (Å²) in [4.78, 5) is 7.94. The minimum Gasteiger partial charge on any atom is -0.311 e. The molecule has 3 aliphatic rings. The van der Waals surface area contributed by atoms with E-state index in [9.17, 15) is 0 Å². The first-order valence-corrected chi connectivity index (χ1v) is 33.1. The zero-order valence-corrected chi connectivity index (χ0v) is 57.6. The lowest BCUT2D eigenvalue weighted by molar-refractivity contribution is 0.332. The molecule has 3 heterocycles. The molecule has 0 spiro atoms. The summed E-state index contributed by atoms with van der Waals surface area (Å²) in [7, 11) is 0. The Morgan fingerprint density at radius 3 is 1.38 bits per heavy atom. The number of rotatable bonds is 6. The molecule has 0 amide bonds. The number of thiophene rings is 1. The van der Waals surface area contributed by atoms with Gasteiger partial charge in [-0.2, -0.15) is 0 Å². The summed E-state index contributed by atoms with van der Waals surface area (Å²) in [6.07, 6.45) is 2.33. The highest BCUT2D eigenvalue weighted by Crippen LogP contribution is 2.54. The van der Waals surface area contributed by atoms with Crippen molar-refractivity contribution in [1.82, 2.24) is 0 Å². The highest BCUT2D eigenvalue weighted by atomic mass is 32.1. The predicted octanol–water partition coefficient (Wildman–Crippen LogP) is 22.3. The third-order valence-electron chi connectivity index (χ3n) is 19.9. The standard InChI is InChI=1S/C82H96BN3S/c1-75(2,3)52-25-23-51(24-26-52)62-45-55(78(10,11)12)31-41-67(62)86-68-50-61(84(58-33-27-53(28-34-58)76(4,5)6)59-35-29-54(30-36-59)77(7,8)9)38-40-66(68)83-72-69(47-57(48-70(72)86)80(16,17)18)85(60-37-39-64-65(49-60)82(21,22)44-43-81(64,19)20)73-63-46-56(79(13,14)15)32-42-71(63)87-74(73)83/h23-42,45-50H,43-44H2,1-22H3. The maximum atomic E-state index is 2.74. The van der Waals surface area contributed by atoms with E-state index in [1.165, 1.54) is 122 Å². The molecule has 0 radical (unpaired) electrons. The number of hydrogen-bond donors (Lipinski definition) is 0. The molecule has 3 nitrogen and oxygen atoms in total. The van der Waals surface area contributed by atoms with Crippen LogP contribution in [0.2, 0.25) is 0 Å². The van der Waals surface area contributed by atoms with Gasteiger partial charge in [-0.15, -0.1) is 11.3 Å². The first kappa shape index (κ1) is 60.5. The van der Waals surface area contributed by atoms with Gasteiger partial charge in [-0.05, 0) is 202 Å². The summed E-state index contributed by atoms with van der Waals surface area (Å²) in [5, 5.41) is 1.33. The lowest BCUT2D eigenvalue weighted by Gasteiger charge is -2.46. The Hall–Kier alpha value is -6.82. The van der Waals surface area contributed by atoms with Gasteiger partial charge in [-0.25, -0.2) is 0 Å². The van der Waals surface area contributed by atoms with Crippen molar-refractivity contribution in [3.8, 4) is 11.1 Å². The molecule has 0 atom stereocenters. The second-order valence-corrected chi connectivity index (χ2v) is 34.6. The van der Waals surface area contributed by atoms with Crippen LogP contribution in [0.5, 0.6) is 0 Å². The molecule has 5 heteroatoms. The summed E-state index contributed by atoms with van der Waals surface area (Å²) < 4.78 is 2.72. The van der Waals surface area contributed by atoms with E-state index in [2.05, 4.69) is 325 Å². The normalized spacial score (nSPS) is 15.7. The number of benzene rings is 8. The van der Waals surface area contributed by atoms with E-state index < -0.39 is 0 Å². The summed E-state index contributed by atoms with van der Waals surface area (Å²) in [5.74, 6) is 0. The van der Waals surface area contributed by atoms with Gasteiger partial charge in [0.1, 0.15) is 0 Å². The molecule has 0 N–H and O–H groups in total. The molecule has 1 aromatic heterocycles. The van der Waals surface area contributed by atoms with Crippen molar-refractivity contribution in [2.75, 3.05) is 14.7 Å². The second kappa shape index (κ2) is 20.4. The Labute approximate surface area is 528 Å². The van der Waals surface area contributed by atoms with Crippen molar-refractivity contribution in [2.24, 2.45) is 0 Å². The molecule has 448 valence electrons. The Morgan fingerprint density at radius 2 is 0.851 bits per heavy atom. The molecule has 9 aromatic rings. The number of anilines is 9. The van der Waals surface area contributed by atoms with Crippen LogP contribution in [0.1, 0.15) is 210 Å². The Kier molecular flexibility index (Phi) is 14.2. The lowest BCUT2D eigenvalue weighted by Crippen LogP contribution is -2.60. The topological polar surface area (TPSA) is 9.72 Å². The van der Waals surface area contributed by atoms with Crippen molar-refractivity contribution in [3.63, 3.8) is 0 Å². The van der Waals surface area contributed by atoms with Gasteiger partial charge in [-0.1, -0.05) is 225 Å². The Bertz CT molecular complexity index is 4090. The van der Waals surface area contributed by atoms with Gasteiger partial charge in [0.25, 0.3) is 6.71 Å². The van der Waals surface area contributed by atoms with Gasteiger partial charge < -0.3 is 14.7 Å². The maximum Gasteiger partial charge on any atom is 0.264 e. The van der Waals surface area contributed by atoms with Crippen LogP contribution in [0.25, 0.3) is 21.2 Å². The highest BCUT2D eigenvalue weighted by Gasteiger charge is 2.48. The van der Waals surface area contributed by atoms with E-state index in [4.69, 9.17) is 0 Å². The maximum absolute atomic E-state index is 2.74. The minimum absolute atomic E-state index is 0.0122. The van der Waals surface area contributed by atoms with E-state index in [0.717, 1.165) is 23.5 Å². The van der Waals surface area contributed by atoms with Crippen LogP contribution in [0.4, 0.5) is 51.2 Å². The van der Waals surface area contributed by atoms with Gasteiger partial charge in [0, 0.05) is 60.2 Å². The van der Waals surface area contributed by atoms with Crippen LogP contribution in [-0.2, 0) is 43.3 Å². The summed E-state index contributed by atoms with van der Waals surface area (Å²) >= 11 is 2.00. The highest BCUT2D eigenvalue weighted by molar-refractivity contribution is 7.33. The van der Waals surface area contributed by atoms with Crippen molar-refractivity contribution in [3.05, 3.63) is 202 Å². The average molecular weight is 1170 g/mol. The molecule has 87 heavy (non-hydrogen) atoms. The van der Waals surface area contributed by atoms with Crippen molar-refractivity contribution in [2.45, 2.75) is 208 Å². The number of fused-ring (bicyclic) bond motifs is 7. The minimum atomic E-state index is -0.199. The first-order chi connectivity index (χ1) is 40.4. The first-order valence-electron chi connectivity index (χ1n) is 32.3. The number of nitrogens with zero attached hydrogens (tertiary/aromatic N) is 3. The molecule has 1 aliphatic carbocycles. The molecule has 0 fully saturated rings. The molecule has 0 bridgehead atoms. The van der Waals surface area contributed by atoms with Crippen LogP contribution in [0, 0.1) is 0 Å². The van der Waals surface area contributed by atoms with Gasteiger partial charge in [0.2, 0.25) is 0 Å². The van der Waals surface area contributed by atoms with Gasteiger partial charge in [0.15, 0.2) is 0 Å². The zero-order valence-electron chi connectivity index (χ0n) is 56.8. The van der Waals surface area contributed by atoms with Gasteiger partial charge in [-0.3, -0.25) is 0 Å². The fraction of sp³-hybridized carbons (Fsp3) is 0.390. The zero-order chi connectivity index (χ0) is 62.7.